The average molecular weight is 274 g/mol. The van der Waals surface area contributed by atoms with E-state index in [1.54, 1.807) is 12.4 Å². The van der Waals surface area contributed by atoms with E-state index in [2.05, 4.69) is 20.9 Å². The zero-order chi connectivity index (χ0) is 10.9. The van der Waals surface area contributed by atoms with Gasteiger partial charge in [-0.25, -0.2) is 0 Å². The first kappa shape index (κ1) is 12.5. The van der Waals surface area contributed by atoms with E-state index in [0.29, 0.717) is 6.61 Å². The Kier molecular flexibility index (Phi) is 6.36. The third kappa shape index (κ3) is 5.74. The van der Waals surface area contributed by atoms with Crippen molar-refractivity contribution >= 4 is 15.9 Å². The Morgan fingerprint density at radius 1 is 1.20 bits per heavy atom. The standard InChI is InChI=1S/C11H16BrNO2/c12-10-7-11(9-13-8-10)15-6-4-2-1-3-5-14/h7-9,14H,1-6H2. The molecule has 0 unspecified atom stereocenters. The van der Waals surface area contributed by atoms with Gasteiger partial charge in [0.15, 0.2) is 0 Å². The second kappa shape index (κ2) is 7.65. The quantitative estimate of drug-likeness (QED) is 0.777. The molecule has 0 aliphatic heterocycles. The molecule has 1 aromatic heterocycles. The van der Waals surface area contributed by atoms with Crippen LogP contribution in [-0.4, -0.2) is 23.3 Å². The van der Waals surface area contributed by atoms with Crippen LogP contribution < -0.4 is 4.74 Å². The van der Waals surface area contributed by atoms with E-state index in [4.69, 9.17) is 9.84 Å². The third-order valence-electron chi connectivity index (χ3n) is 2.00. The molecule has 0 aromatic carbocycles. The molecule has 4 heteroatoms. The van der Waals surface area contributed by atoms with E-state index in [1.807, 2.05) is 6.07 Å². The highest BCUT2D eigenvalue weighted by Crippen LogP contribution is 2.16. The highest BCUT2D eigenvalue weighted by atomic mass is 79.9. The number of nitrogens with zero attached hydrogens (tertiary/aromatic N) is 1. The van der Waals surface area contributed by atoms with E-state index in [0.717, 1.165) is 35.9 Å². The lowest BCUT2D eigenvalue weighted by Crippen LogP contribution is -1.97. The van der Waals surface area contributed by atoms with Gasteiger partial charge < -0.3 is 9.84 Å². The summed E-state index contributed by atoms with van der Waals surface area (Å²) < 4.78 is 6.44. The predicted molar refractivity (Wildman–Crippen MR) is 63.0 cm³/mol. The molecule has 0 saturated heterocycles. The van der Waals surface area contributed by atoms with Gasteiger partial charge in [0.2, 0.25) is 0 Å². The normalized spacial score (nSPS) is 10.3. The summed E-state index contributed by atoms with van der Waals surface area (Å²) in [4.78, 5) is 4.01. The molecule has 1 rings (SSSR count). The van der Waals surface area contributed by atoms with E-state index in [-0.39, 0.29) is 6.61 Å². The van der Waals surface area contributed by atoms with Gasteiger partial charge in [-0.1, -0.05) is 6.42 Å². The molecule has 1 aromatic rings. The molecule has 0 amide bonds. The monoisotopic (exact) mass is 273 g/mol. The third-order valence-corrected chi connectivity index (χ3v) is 2.43. The van der Waals surface area contributed by atoms with Gasteiger partial charge in [-0.3, -0.25) is 4.98 Å². The Morgan fingerprint density at radius 2 is 2.00 bits per heavy atom. The van der Waals surface area contributed by atoms with Gasteiger partial charge in [-0.2, -0.15) is 0 Å². The van der Waals surface area contributed by atoms with Crippen LogP contribution in [0.3, 0.4) is 0 Å². The Morgan fingerprint density at radius 3 is 2.73 bits per heavy atom. The first-order valence-corrected chi connectivity index (χ1v) is 5.96. The lowest BCUT2D eigenvalue weighted by molar-refractivity contribution is 0.273. The van der Waals surface area contributed by atoms with Crippen molar-refractivity contribution < 1.29 is 9.84 Å². The summed E-state index contributed by atoms with van der Waals surface area (Å²) >= 11 is 3.34. The average Bonchev–Trinajstić information content (AvgIpc) is 2.23. The van der Waals surface area contributed by atoms with Gasteiger partial charge in [0, 0.05) is 17.3 Å². The summed E-state index contributed by atoms with van der Waals surface area (Å²) in [6.07, 6.45) is 7.51. The zero-order valence-corrected chi connectivity index (χ0v) is 10.2. The molecule has 0 saturated carbocycles. The molecule has 15 heavy (non-hydrogen) atoms. The molecule has 0 aliphatic carbocycles. The van der Waals surface area contributed by atoms with Crippen molar-refractivity contribution in [1.29, 1.82) is 0 Å². The minimum absolute atomic E-state index is 0.288. The molecule has 1 heterocycles. The summed E-state index contributed by atoms with van der Waals surface area (Å²) in [7, 11) is 0. The van der Waals surface area contributed by atoms with Crippen LogP contribution in [0.25, 0.3) is 0 Å². The number of unbranched alkanes of at least 4 members (excludes halogenated alkanes) is 3. The fourth-order valence-electron chi connectivity index (χ4n) is 1.23. The summed E-state index contributed by atoms with van der Waals surface area (Å²) in [6, 6.07) is 1.90. The van der Waals surface area contributed by atoms with Crippen LogP contribution in [-0.2, 0) is 0 Å². The number of hydrogen-bond acceptors (Lipinski definition) is 3. The van der Waals surface area contributed by atoms with Gasteiger partial charge in [-0.05, 0) is 41.3 Å². The van der Waals surface area contributed by atoms with Crippen LogP contribution in [0.15, 0.2) is 22.9 Å². The number of pyridine rings is 1. The molecule has 84 valence electrons. The van der Waals surface area contributed by atoms with E-state index >= 15 is 0 Å². The van der Waals surface area contributed by atoms with Crippen molar-refractivity contribution in [1.82, 2.24) is 4.98 Å². The van der Waals surface area contributed by atoms with Crippen molar-refractivity contribution in [3.05, 3.63) is 22.9 Å². The number of aliphatic hydroxyl groups is 1. The van der Waals surface area contributed by atoms with Crippen LogP contribution in [0, 0.1) is 0 Å². The predicted octanol–water partition coefficient (Wildman–Crippen LogP) is 2.78. The number of halogens is 1. The number of hydrogen-bond donors (Lipinski definition) is 1. The Labute approximate surface area is 98.6 Å². The van der Waals surface area contributed by atoms with E-state index < -0.39 is 0 Å². The van der Waals surface area contributed by atoms with Crippen LogP contribution >= 0.6 is 15.9 Å². The van der Waals surface area contributed by atoms with Gasteiger partial charge in [-0.15, -0.1) is 0 Å². The van der Waals surface area contributed by atoms with Crippen LogP contribution in [0.2, 0.25) is 0 Å². The van der Waals surface area contributed by atoms with Crippen LogP contribution in [0.5, 0.6) is 5.75 Å². The van der Waals surface area contributed by atoms with Gasteiger partial charge in [0.25, 0.3) is 0 Å². The van der Waals surface area contributed by atoms with Crippen molar-refractivity contribution in [2.24, 2.45) is 0 Å². The lowest BCUT2D eigenvalue weighted by Gasteiger charge is -2.05. The fraction of sp³-hybridized carbons (Fsp3) is 0.545. The summed E-state index contributed by atoms with van der Waals surface area (Å²) in [5, 5.41) is 8.59. The highest BCUT2D eigenvalue weighted by molar-refractivity contribution is 9.10. The summed E-state index contributed by atoms with van der Waals surface area (Å²) in [5.74, 6) is 0.798. The highest BCUT2D eigenvalue weighted by Gasteiger charge is 1.95. The minimum Gasteiger partial charge on any atom is -0.492 e. The fourth-order valence-corrected chi connectivity index (χ4v) is 1.57. The maximum atomic E-state index is 8.59. The molecule has 0 fully saturated rings. The topological polar surface area (TPSA) is 42.4 Å². The largest absolute Gasteiger partial charge is 0.492 e. The molecule has 3 nitrogen and oxygen atoms in total. The van der Waals surface area contributed by atoms with Crippen molar-refractivity contribution in [2.75, 3.05) is 13.2 Å². The van der Waals surface area contributed by atoms with Gasteiger partial charge >= 0.3 is 0 Å². The number of aromatic nitrogens is 1. The van der Waals surface area contributed by atoms with E-state index in [9.17, 15) is 0 Å². The Hall–Kier alpha value is -0.610. The zero-order valence-electron chi connectivity index (χ0n) is 8.66. The molecule has 0 aliphatic rings. The number of aliphatic hydroxyl groups excluding tert-OH is 1. The molecule has 1 N–H and O–H groups in total. The first-order chi connectivity index (χ1) is 7.33. The maximum absolute atomic E-state index is 8.59. The first-order valence-electron chi connectivity index (χ1n) is 5.17. The van der Waals surface area contributed by atoms with Crippen LogP contribution in [0.4, 0.5) is 0 Å². The molecule has 0 bridgehead atoms. The van der Waals surface area contributed by atoms with Gasteiger partial charge in [0.05, 0.1) is 12.8 Å². The molecule has 0 radical (unpaired) electrons. The van der Waals surface area contributed by atoms with Crippen LogP contribution in [0.1, 0.15) is 25.7 Å². The smallest absolute Gasteiger partial charge is 0.138 e. The lowest BCUT2D eigenvalue weighted by atomic mass is 10.2. The SMILES string of the molecule is OCCCCCCOc1cncc(Br)c1. The molecular weight excluding hydrogens is 258 g/mol. The second-order valence-electron chi connectivity index (χ2n) is 3.33. The summed E-state index contributed by atoms with van der Waals surface area (Å²) in [5.41, 5.74) is 0. The number of rotatable bonds is 7. The van der Waals surface area contributed by atoms with Crippen molar-refractivity contribution in [3.63, 3.8) is 0 Å². The minimum atomic E-state index is 0.288. The second-order valence-corrected chi connectivity index (χ2v) is 4.24. The molecule has 0 spiro atoms. The van der Waals surface area contributed by atoms with Crippen molar-refractivity contribution in [2.45, 2.75) is 25.7 Å². The molecule has 0 atom stereocenters. The Bertz CT molecular complexity index is 281. The number of ether oxygens (including phenoxy) is 1. The maximum Gasteiger partial charge on any atom is 0.138 e. The van der Waals surface area contributed by atoms with E-state index in [1.165, 1.54) is 0 Å². The Balaban J connectivity index is 2.10. The van der Waals surface area contributed by atoms with Gasteiger partial charge in [0.1, 0.15) is 5.75 Å². The van der Waals surface area contributed by atoms with Crippen molar-refractivity contribution in [3.8, 4) is 5.75 Å². The molecular formula is C11H16BrNO2. The summed E-state index contributed by atoms with van der Waals surface area (Å²) in [6.45, 7) is 1.000.